The maximum absolute atomic E-state index is 12.7. The smallest absolute Gasteiger partial charge is 0.266 e. The van der Waals surface area contributed by atoms with E-state index in [9.17, 15) is 14.4 Å². The highest BCUT2D eigenvalue weighted by Gasteiger charge is 2.36. The van der Waals surface area contributed by atoms with Gasteiger partial charge in [0, 0.05) is 11.3 Å². The first-order valence-corrected chi connectivity index (χ1v) is 10.2. The Morgan fingerprint density at radius 2 is 1.52 bits per heavy atom. The van der Waals surface area contributed by atoms with Gasteiger partial charge in [-0.15, -0.1) is 0 Å². The van der Waals surface area contributed by atoms with Gasteiger partial charge in [0.25, 0.3) is 17.7 Å². The molecule has 0 saturated heterocycles. The fraction of sp³-hybridized carbons (Fsp3) is 0. The molecule has 0 aliphatic carbocycles. The van der Waals surface area contributed by atoms with E-state index in [1.807, 2.05) is 0 Å². The van der Waals surface area contributed by atoms with Crippen molar-refractivity contribution in [1.82, 2.24) is 5.32 Å². The molecule has 0 fully saturated rings. The number of amides is 3. The lowest BCUT2D eigenvalue weighted by Crippen LogP contribution is -2.34. The summed E-state index contributed by atoms with van der Waals surface area (Å²) in [6.45, 7) is 0. The predicted molar refractivity (Wildman–Crippen MR) is 124 cm³/mol. The standard InChI is InChI=1S/C22H13Cl2N3O3S/c23-17-9-8-12(10-18(17)24)19(28)26-22(31)25-13-4-3-5-14(11-13)27-20(29)15-6-1-2-7-16(15)21(27)30/h1-11H,(H2,25,26,28,31). The van der Waals surface area contributed by atoms with Crippen molar-refractivity contribution in [3.63, 3.8) is 0 Å². The number of thiocarbonyl (C=S) groups is 1. The van der Waals surface area contributed by atoms with Crippen LogP contribution in [0, 0.1) is 0 Å². The van der Waals surface area contributed by atoms with Gasteiger partial charge in [-0.25, -0.2) is 4.90 Å². The van der Waals surface area contributed by atoms with Gasteiger partial charge in [-0.05, 0) is 60.7 Å². The summed E-state index contributed by atoms with van der Waals surface area (Å²) in [6, 6.07) is 17.7. The van der Waals surface area contributed by atoms with E-state index in [0.717, 1.165) is 4.90 Å². The largest absolute Gasteiger partial charge is 0.332 e. The number of halogens is 2. The van der Waals surface area contributed by atoms with Crippen LogP contribution in [0.25, 0.3) is 0 Å². The fourth-order valence-electron chi connectivity index (χ4n) is 3.12. The molecule has 4 rings (SSSR count). The number of hydrogen-bond donors (Lipinski definition) is 2. The zero-order valence-electron chi connectivity index (χ0n) is 15.7. The summed E-state index contributed by atoms with van der Waals surface area (Å²) in [7, 11) is 0. The van der Waals surface area contributed by atoms with Gasteiger partial charge in [0.1, 0.15) is 0 Å². The summed E-state index contributed by atoms with van der Waals surface area (Å²) in [4.78, 5) is 38.8. The van der Waals surface area contributed by atoms with Crippen LogP contribution in [0.1, 0.15) is 31.1 Å². The van der Waals surface area contributed by atoms with Gasteiger partial charge in [-0.2, -0.15) is 0 Å². The number of hydrogen-bond acceptors (Lipinski definition) is 4. The number of fused-ring (bicyclic) bond motifs is 1. The number of anilines is 2. The van der Waals surface area contributed by atoms with E-state index in [0.29, 0.717) is 33.1 Å². The minimum Gasteiger partial charge on any atom is -0.332 e. The molecule has 1 aliphatic heterocycles. The zero-order valence-corrected chi connectivity index (χ0v) is 18.0. The SMILES string of the molecule is O=C(NC(=S)Nc1cccc(N2C(=O)c3ccccc3C2=O)c1)c1ccc(Cl)c(Cl)c1. The first-order chi connectivity index (χ1) is 14.8. The number of imide groups is 1. The molecular weight excluding hydrogens is 457 g/mol. The van der Waals surface area contributed by atoms with E-state index < -0.39 is 17.7 Å². The Hall–Kier alpha value is -3.26. The second-order valence-corrected chi connectivity index (χ2v) is 7.80. The van der Waals surface area contributed by atoms with Crippen molar-refractivity contribution in [1.29, 1.82) is 0 Å². The highest BCUT2D eigenvalue weighted by Crippen LogP contribution is 2.29. The van der Waals surface area contributed by atoms with Gasteiger partial charge >= 0.3 is 0 Å². The third-order valence-electron chi connectivity index (χ3n) is 4.57. The quantitative estimate of drug-likeness (QED) is 0.420. The molecule has 0 saturated carbocycles. The molecule has 2 N–H and O–H groups in total. The summed E-state index contributed by atoms with van der Waals surface area (Å²) in [5, 5.41) is 6.04. The van der Waals surface area contributed by atoms with Crippen molar-refractivity contribution in [3.05, 3.63) is 93.5 Å². The molecule has 3 aromatic carbocycles. The Kier molecular flexibility index (Phi) is 5.73. The molecule has 31 heavy (non-hydrogen) atoms. The lowest BCUT2D eigenvalue weighted by molar-refractivity contribution is 0.0924. The highest BCUT2D eigenvalue weighted by atomic mass is 35.5. The van der Waals surface area contributed by atoms with E-state index in [4.69, 9.17) is 35.4 Å². The van der Waals surface area contributed by atoms with Crippen LogP contribution in [0.4, 0.5) is 11.4 Å². The summed E-state index contributed by atoms with van der Waals surface area (Å²) >= 11 is 17.0. The van der Waals surface area contributed by atoms with Crippen LogP contribution >= 0.6 is 35.4 Å². The topological polar surface area (TPSA) is 78.5 Å². The van der Waals surface area contributed by atoms with Crippen LogP contribution < -0.4 is 15.5 Å². The van der Waals surface area contributed by atoms with Crippen molar-refractivity contribution in [2.24, 2.45) is 0 Å². The number of benzene rings is 3. The molecule has 3 aromatic rings. The summed E-state index contributed by atoms with van der Waals surface area (Å²) in [5.74, 6) is -1.26. The van der Waals surface area contributed by atoms with Crippen molar-refractivity contribution in [2.45, 2.75) is 0 Å². The molecule has 0 radical (unpaired) electrons. The maximum atomic E-state index is 12.7. The van der Waals surface area contributed by atoms with Gasteiger partial charge in [-0.1, -0.05) is 41.4 Å². The summed E-state index contributed by atoms with van der Waals surface area (Å²) in [6.07, 6.45) is 0. The number of nitrogens with one attached hydrogen (secondary N) is 2. The molecule has 0 spiro atoms. The molecule has 0 aromatic heterocycles. The Morgan fingerprint density at radius 3 is 2.16 bits per heavy atom. The molecule has 1 heterocycles. The van der Waals surface area contributed by atoms with E-state index >= 15 is 0 Å². The van der Waals surface area contributed by atoms with Crippen LogP contribution in [-0.2, 0) is 0 Å². The Bertz CT molecular complexity index is 1230. The van der Waals surface area contributed by atoms with Gasteiger partial charge < -0.3 is 5.32 Å². The molecule has 0 unspecified atom stereocenters. The van der Waals surface area contributed by atoms with Crippen molar-refractivity contribution in [2.75, 3.05) is 10.2 Å². The lowest BCUT2D eigenvalue weighted by Gasteiger charge is -2.16. The highest BCUT2D eigenvalue weighted by molar-refractivity contribution is 7.80. The van der Waals surface area contributed by atoms with Crippen LogP contribution in [0.5, 0.6) is 0 Å². The normalized spacial score (nSPS) is 12.5. The van der Waals surface area contributed by atoms with E-state index in [2.05, 4.69) is 10.6 Å². The molecule has 0 bridgehead atoms. The third kappa shape index (κ3) is 4.16. The minimum atomic E-state index is -0.465. The van der Waals surface area contributed by atoms with Gasteiger partial charge in [0.05, 0.1) is 26.9 Å². The van der Waals surface area contributed by atoms with E-state index in [1.165, 1.54) is 18.2 Å². The number of carbonyl (C=O) groups is 3. The first-order valence-electron chi connectivity index (χ1n) is 9.00. The number of rotatable bonds is 3. The second kappa shape index (κ2) is 8.47. The maximum Gasteiger partial charge on any atom is 0.266 e. The predicted octanol–water partition coefficient (Wildman–Crippen LogP) is 4.92. The van der Waals surface area contributed by atoms with E-state index in [1.54, 1.807) is 48.5 Å². The van der Waals surface area contributed by atoms with Crippen LogP contribution in [0.3, 0.4) is 0 Å². The summed E-state index contributed by atoms with van der Waals surface area (Å²) < 4.78 is 0. The van der Waals surface area contributed by atoms with Crippen molar-refractivity contribution in [3.8, 4) is 0 Å². The molecule has 1 aliphatic rings. The first kappa shape index (κ1) is 21.0. The fourth-order valence-corrected chi connectivity index (χ4v) is 3.63. The number of nitrogens with zero attached hydrogens (tertiary/aromatic N) is 1. The lowest BCUT2D eigenvalue weighted by atomic mass is 10.1. The monoisotopic (exact) mass is 469 g/mol. The average Bonchev–Trinajstić information content (AvgIpc) is 3.00. The zero-order chi connectivity index (χ0) is 22.1. The summed E-state index contributed by atoms with van der Waals surface area (Å²) in [5.41, 5.74) is 1.88. The second-order valence-electron chi connectivity index (χ2n) is 6.58. The van der Waals surface area contributed by atoms with Gasteiger partial charge in [0.15, 0.2) is 5.11 Å². The molecule has 3 amide bonds. The van der Waals surface area contributed by atoms with Crippen LogP contribution in [-0.4, -0.2) is 22.8 Å². The molecular formula is C22H13Cl2N3O3S. The Balaban J connectivity index is 1.48. The van der Waals surface area contributed by atoms with Gasteiger partial charge in [0.2, 0.25) is 0 Å². The molecule has 154 valence electrons. The van der Waals surface area contributed by atoms with Crippen LogP contribution in [0.15, 0.2) is 66.7 Å². The minimum absolute atomic E-state index is 0.0376. The van der Waals surface area contributed by atoms with E-state index in [-0.39, 0.29) is 10.1 Å². The Labute approximate surface area is 192 Å². The molecule has 6 nitrogen and oxygen atoms in total. The Morgan fingerprint density at radius 1 is 0.839 bits per heavy atom. The molecule has 9 heteroatoms. The molecule has 0 atom stereocenters. The average molecular weight is 470 g/mol. The van der Waals surface area contributed by atoms with Crippen molar-refractivity contribution >= 4 is 69.6 Å². The third-order valence-corrected chi connectivity index (χ3v) is 5.51. The van der Waals surface area contributed by atoms with Crippen LogP contribution in [0.2, 0.25) is 10.0 Å². The van der Waals surface area contributed by atoms with Gasteiger partial charge in [-0.3, -0.25) is 19.7 Å². The number of carbonyl (C=O) groups excluding carboxylic acids is 3. The van der Waals surface area contributed by atoms with Crippen molar-refractivity contribution < 1.29 is 14.4 Å².